The first-order chi connectivity index (χ1) is 19.4. The van der Waals surface area contributed by atoms with Crippen LogP contribution < -0.4 is 24.7 Å². The van der Waals surface area contributed by atoms with Crippen molar-refractivity contribution in [1.29, 1.82) is 0 Å². The van der Waals surface area contributed by atoms with Crippen LogP contribution in [-0.4, -0.2) is 62.3 Å². The van der Waals surface area contributed by atoms with E-state index < -0.39 is 5.54 Å². The molecule has 1 aliphatic rings. The van der Waals surface area contributed by atoms with Gasteiger partial charge in [0.05, 0.1) is 13.2 Å². The van der Waals surface area contributed by atoms with Gasteiger partial charge in [0.1, 0.15) is 22.7 Å². The van der Waals surface area contributed by atoms with Gasteiger partial charge in [-0.25, -0.2) is 5.43 Å². The van der Waals surface area contributed by atoms with E-state index >= 15 is 0 Å². The monoisotopic (exact) mass is 545 g/mol. The molecule has 2 aromatic carbocycles. The zero-order valence-corrected chi connectivity index (χ0v) is 25.0. The Labute approximate surface area is 238 Å². The molecule has 0 spiro atoms. The molecule has 2 heterocycles. The minimum Gasteiger partial charge on any atom is -0.493 e. The van der Waals surface area contributed by atoms with Crippen LogP contribution in [0.5, 0.6) is 11.5 Å². The molecular weight excluding hydrogens is 502 g/mol. The summed E-state index contributed by atoms with van der Waals surface area (Å²) in [5.41, 5.74) is 7.66. The van der Waals surface area contributed by atoms with Crippen molar-refractivity contribution in [2.75, 3.05) is 56.2 Å². The second-order valence-corrected chi connectivity index (χ2v) is 9.70. The molecule has 1 N–H and O–H groups in total. The largest absolute Gasteiger partial charge is 0.493 e. The summed E-state index contributed by atoms with van der Waals surface area (Å²) in [6, 6.07) is 16.5. The van der Waals surface area contributed by atoms with Gasteiger partial charge in [-0.2, -0.15) is 0 Å². The van der Waals surface area contributed by atoms with Crippen LogP contribution in [0.3, 0.4) is 0 Å². The molecule has 0 saturated heterocycles. The quantitative estimate of drug-likeness (QED) is 0.324. The minimum absolute atomic E-state index is 0.193. The number of amides is 1. The number of hydrogen-bond donors (Lipinski definition) is 1. The molecule has 1 aromatic heterocycles. The summed E-state index contributed by atoms with van der Waals surface area (Å²) < 4.78 is 12.7. The van der Waals surface area contributed by atoms with Crippen molar-refractivity contribution in [1.82, 2.24) is 15.4 Å². The van der Waals surface area contributed by atoms with Crippen LogP contribution in [0.25, 0.3) is 0 Å². The second-order valence-electron chi connectivity index (χ2n) is 9.70. The first-order valence-electron chi connectivity index (χ1n) is 14.5. The topological polar surface area (TPSA) is 70.2 Å². The van der Waals surface area contributed by atoms with Gasteiger partial charge < -0.3 is 19.3 Å². The number of carbonyl (C=O) groups is 1. The Morgan fingerprint density at radius 3 is 1.73 bits per heavy atom. The predicted octanol–water partition coefficient (Wildman–Crippen LogP) is 5.45. The van der Waals surface area contributed by atoms with E-state index in [9.17, 15) is 4.79 Å². The van der Waals surface area contributed by atoms with Gasteiger partial charge in [0, 0.05) is 79.6 Å². The third kappa shape index (κ3) is 5.08. The highest BCUT2D eigenvalue weighted by Crippen LogP contribution is 2.49. The third-order valence-corrected chi connectivity index (χ3v) is 7.65. The number of hydrazine groups is 1. The van der Waals surface area contributed by atoms with Crippen LogP contribution in [0.2, 0.25) is 0 Å². The summed E-state index contributed by atoms with van der Waals surface area (Å²) in [7, 11) is 1.74. The van der Waals surface area contributed by atoms with Crippen molar-refractivity contribution in [3.63, 3.8) is 0 Å². The molecule has 0 radical (unpaired) electrons. The second kappa shape index (κ2) is 12.6. The van der Waals surface area contributed by atoms with Gasteiger partial charge in [-0.3, -0.25) is 14.8 Å². The van der Waals surface area contributed by atoms with Crippen molar-refractivity contribution in [3.8, 4) is 11.5 Å². The molecule has 0 bridgehead atoms. The maximum atomic E-state index is 13.4. The number of hydrogen-bond acceptors (Lipinski definition) is 7. The Hall–Kier alpha value is -3.78. The number of anilines is 2. The summed E-state index contributed by atoms with van der Waals surface area (Å²) in [6.07, 6.45) is 1.67. The lowest BCUT2D eigenvalue weighted by molar-refractivity contribution is 0.0597. The number of pyridine rings is 1. The number of carbonyl (C=O) groups excluding carboxylic acids is 1. The smallest absolute Gasteiger partial charge is 0.286 e. The molecular formula is C32H43N5O3. The summed E-state index contributed by atoms with van der Waals surface area (Å²) in [5, 5.41) is 1.53. The lowest BCUT2D eigenvalue weighted by atomic mass is 9.74. The molecule has 0 atom stereocenters. The Bertz CT molecular complexity index is 1250. The van der Waals surface area contributed by atoms with Crippen molar-refractivity contribution in [2.45, 2.75) is 47.1 Å². The zero-order valence-electron chi connectivity index (χ0n) is 25.0. The van der Waals surface area contributed by atoms with Gasteiger partial charge in [-0.15, -0.1) is 0 Å². The van der Waals surface area contributed by atoms with Crippen molar-refractivity contribution < 1.29 is 14.3 Å². The summed E-state index contributed by atoms with van der Waals surface area (Å²) in [5.74, 6) is 1.29. The molecule has 214 valence electrons. The van der Waals surface area contributed by atoms with Crippen LogP contribution >= 0.6 is 0 Å². The molecule has 4 rings (SSSR count). The standard InChI is InChI=1S/C32H43N5O3/c1-8-36(9-2)23-16-18-25(28(21-23)39-12-5)32(27-15-14-20-33-30(27)31(38)35(7)34-32)26-19-17-24(37(10-3)11-4)22-29(26)40-13-6/h14-22,34H,8-13H2,1-7H3. The number of benzene rings is 2. The lowest BCUT2D eigenvalue weighted by Gasteiger charge is -2.45. The number of fused-ring (bicyclic) bond motifs is 1. The lowest BCUT2D eigenvalue weighted by Crippen LogP contribution is -2.59. The van der Waals surface area contributed by atoms with Crippen LogP contribution in [0.15, 0.2) is 54.7 Å². The number of aromatic nitrogens is 1. The number of rotatable bonds is 12. The van der Waals surface area contributed by atoms with Crippen molar-refractivity contribution in [3.05, 3.63) is 77.1 Å². The summed E-state index contributed by atoms with van der Waals surface area (Å²) in [4.78, 5) is 22.5. The van der Waals surface area contributed by atoms with E-state index in [0.717, 1.165) is 65.7 Å². The van der Waals surface area contributed by atoms with Gasteiger partial charge in [0.15, 0.2) is 0 Å². The molecule has 1 amide bonds. The highest BCUT2D eigenvalue weighted by molar-refractivity contribution is 5.96. The predicted molar refractivity (Wildman–Crippen MR) is 162 cm³/mol. The highest BCUT2D eigenvalue weighted by atomic mass is 16.5. The third-order valence-electron chi connectivity index (χ3n) is 7.65. The van der Waals surface area contributed by atoms with E-state index in [1.807, 2.05) is 26.0 Å². The molecule has 3 aromatic rings. The highest BCUT2D eigenvalue weighted by Gasteiger charge is 2.48. The molecule has 0 unspecified atom stereocenters. The molecule has 0 aliphatic carbocycles. The molecule has 8 nitrogen and oxygen atoms in total. The number of ether oxygens (including phenoxy) is 2. The van der Waals surface area contributed by atoms with Crippen molar-refractivity contribution >= 4 is 17.3 Å². The fourth-order valence-electron chi connectivity index (χ4n) is 5.72. The Morgan fingerprint density at radius 2 is 1.27 bits per heavy atom. The molecule has 0 fully saturated rings. The first kappa shape index (κ1) is 29.2. The van der Waals surface area contributed by atoms with Gasteiger partial charge >= 0.3 is 0 Å². The fraction of sp³-hybridized carbons (Fsp3) is 0.438. The molecule has 40 heavy (non-hydrogen) atoms. The van der Waals surface area contributed by atoms with E-state index in [0.29, 0.717) is 18.9 Å². The van der Waals surface area contributed by atoms with Crippen LogP contribution in [-0.2, 0) is 5.54 Å². The van der Waals surface area contributed by atoms with E-state index in [2.05, 4.69) is 84.3 Å². The zero-order chi connectivity index (χ0) is 28.9. The fourth-order valence-corrected chi connectivity index (χ4v) is 5.72. The number of nitrogens with zero attached hydrogens (tertiary/aromatic N) is 4. The number of nitrogens with one attached hydrogen (secondary N) is 1. The maximum Gasteiger partial charge on any atom is 0.286 e. The Balaban J connectivity index is 2.10. The first-order valence-corrected chi connectivity index (χ1v) is 14.5. The van der Waals surface area contributed by atoms with E-state index in [1.165, 1.54) is 5.01 Å². The normalized spacial score (nSPS) is 14.1. The maximum absolute atomic E-state index is 13.4. The molecule has 1 aliphatic heterocycles. The van der Waals surface area contributed by atoms with Crippen LogP contribution in [0.1, 0.15) is 68.7 Å². The van der Waals surface area contributed by atoms with E-state index in [1.54, 1.807) is 13.2 Å². The average molecular weight is 546 g/mol. The average Bonchev–Trinajstić information content (AvgIpc) is 2.97. The molecule has 0 saturated carbocycles. The summed E-state index contributed by atoms with van der Waals surface area (Å²) >= 11 is 0. The van der Waals surface area contributed by atoms with E-state index in [4.69, 9.17) is 9.47 Å². The van der Waals surface area contributed by atoms with Gasteiger partial charge in [-0.1, -0.05) is 18.2 Å². The van der Waals surface area contributed by atoms with E-state index in [-0.39, 0.29) is 5.91 Å². The minimum atomic E-state index is -1.01. The van der Waals surface area contributed by atoms with Gasteiger partial charge in [0.2, 0.25) is 0 Å². The SMILES string of the molecule is CCOc1cc(N(CC)CC)ccc1C1(c2ccc(N(CC)CC)cc2OCC)NN(C)C(=O)c2ncccc21. The van der Waals surface area contributed by atoms with Crippen LogP contribution in [0, 0.1) is 0 Å². The van der Waals surface area contributed by atoms with Gasteiger partial charge in [-0.05, 0) is 59.7 Å². The van der Waals surface area contributed by atoms with Gasteiger partial charge in [0.25, 0.3) is 5.91 Å². The van der Waals surface area contributed by atoms with Crippen molar-refractivity contribution in [2.24, 2.45) is 0 Å². The molecule has 8 heteroatoms. The summed E-state index contributed by atoms with van der Waals surface area (Å²) in [6.45, 7) is 17.1. The Morgan fingerprint density at radius 1 is 0.775 bits per heavy atom. The Kier molecular flexibility index (Phi) is 9.20. The van der Waals surface area contributed by atoms with Crippen LogP contribution in [0.4, 0.5) is 11.4 Å².